The lowest BCUT2D eigenvalue weighted by atomic mass is 10.0. The molecule has 9 nitrogen and oxygen atoms in total. The third-order valence-corrected chi connectivity index (χ3v) is 6.88. The number of fused-ring (bicyclic) bond motifs is 1. The van der Waals surface area contributed by atoms with Crippen LogP contribution in [0.3, 0.4) is 0 Å². The molecule has 9 heteroatoms. The van der Waals surface area contributed by atoms with Gasteiger partial charge in [0.1, 0.15) is 18.1 Å². The second-order valence-corrected chi connectivity index (χ2v) is 9.98. The molecule has 2 amide bonds. The Morgan fingerprint density at radius 3 is 2.66 bits per heavy atom. The molecule has 2 aromatic rings. The Morgan fingerprint density at radius 1 is 1.23 bits per heavy atom. The molecule has 1 aliphatic heterocycles. The molecule has 1 aliphatic carbocycles. The van der Waals surface area contributed by atoms with Crippen molar-refractivity contribution in [1.82, 2.24) is 15.0 Å². The molecule has 1 saturated carbocycles. The molecule has 1 aromatic carbocycles. The van der Waals surface area contributed by atoms with Crippen molar-refractivity contribution in [3.63, 3.8) is 0 Å². The van der Waals surface area contributed by atoms with E-state index in [0.717, 1.165) is 19.0 Å². The number of nitrogens with one attached hydrogen (secondary N) is 1. The third-order valence-electron chi connectivity index (χ3n) is 6.88. The quantitative estimate of drug-likeness (QED) is 0.694. The molecule has 2 heterocycles. The SMILES string of the molecule is CO[C@@H]1CN(C)C(=O)c2ccc(NC(=O)c3cc(C)on3)cc2OC[C@@H](C)N(CC2CC2)C[C@@H]1C. The number of anilines is 1. The molecule has 0 radical (unpaired) electrons. The number of likely N-dealkylation sites (N-methyl/N-ethyl adjacent to an activating group) is 1. The molecule has 4 rings (SSSR count). The number of nitrogens with zero attached hydrogens (tertiary/aromatic N) is 3. The van der Waals surface area contributed by atoms with Crippen LogP contribution in [0.1, 0.15) is 53.3 Å². The third kappa shape index (κ3) is 6.21. The molecular weight excluding hydrogens is 448 g/mol. The topological polar surface area (TPSA) is 97.1 Å². The van der Waals surface area contributed by atoms with Crippen molar-refractivity contribution in [3.8, 4) is 5.75 Å². The Morgan fingerprint density at radius 2 is 2.00 bits per heavy atom. The van der Waals surface area contributed by atoms with Crippen LogP contribution in [0.5, 0.6) is 5.75 Å². The lowest BCUT2D eigenvalue weighted by Crippen LogP contribution is -2.47. The van der Waals surface area contributed by atoms with E-state index in [1.54, 1.807) is 50.2 Å². The lowest BCUT2D eigenvalue weighted by Gasteiger charge is -2.36. The lowest BCUT2D eigenvalue weighted by molar-refractivity contribution is 0.00994. The van der Waals surface area contributed by atoms with Crippen LogP contribution in [0, 0.1) is 18.8 Å². The van der Waals surface area contributed by atoms with Gasteiger partial charge in [0.25, 0.3) is 11.8 Å². The number of hydrogen-bond donors (Lipinski definition) is 1. The van der Waals surface area contributed by atoms with Gasteiger partial charge in [-0.05, 0) is 50.7 Å². The Hall–Kier alpha value is -2.91. The van der Waals surface area contributed by atoms with Crippen molar-refractivity contribution in [2.24, 2.45) is 11.8 Å². The predicted octanol–water partition coefficient (Wildman–Crippen LogP) is 3.45. The van der Waals surface area contributed by atoms with E-state index in [2.05, 4.69) is 29.2 Å². The number of methoxy groups -OCH3 is 1. The summed E-state index contributed by atoms with van der Waals surface area (Å²) in [6.07, 6.45) is 2.48. The summed E-state index contributed by atoms with van der Waals surface area (Å²) < 4.78 is 17.0. The average molecular weight is 485 g/mol. The summed E-state index contributed by atoms with van der Waals surface area (Å²) in [6, 6.07) is 6.82. The monoisotopic (exact) mass is 484 g/mol. The second-order valence-electron chi connectivity index (χ2n) is 9.98. The van der Waals surface area contributed by atoms with Crippen LogP contribution in [-0.2, 0) is 4.74 Å². The Kier molecular flexibility index (Phi) is 7.76. The van der Waals surface area contributed by atoms with Crippen molar-refractivity contribution in [2.75, 3.05) is 45.7 Å². The standard InChI is InChI=1S/C26H36N4O5/c1-16-12-30(13-19-6-7-19)17(2)15-34-23-11-20(27-25(31)22-10-18(3)35-28-22)8-9-21(23)26(32)29(4)14-24(16)33-5/h8-11,16-17,19,24H,6-7,12-15H2,1-5H3,(H,27,31)/t16-,17+,24+/m0/s1. The number of carbonyl (C=O) groups excluding carboxylic acids is 2. The normalized spacial score (nSPS) is 24.2. The molecule has 1 N–H and O–H groups in total. The van der Waals surface area contributed by atoms with E-state index in [-0.39, 0.29) is 35.6 Å². The highest BCUT2D eigenvalue weighted by atomic mass is 16.5. The minimum atomic E-state index is -0.390. The van der Waals surface area contributed by atoms with Crippen molar-refractivity contribution in [2.45, 2.75) is 45.8 Å². The number of rotatable bonds is 5. The zero-order valence-corrected chi connectivity index (χ0v) is 21.2. The average Bonchev–Trinajstić information content (AvgIpc) is 3.55. The van der Waals surface area contributed by atoms with E-state index in [4.69, 9.17) is 14.0 Å². The molecule has 1 aromatic heterocycles. The van der Waals surface area contributed by atoms with Gasteiger partial charge in [-0.2, -0.15) is 0 Å². The van der Waals surface area contributed by atoms with E-state index in [1.807, 2.05) is 0 Å². The van der Waals surface area contributed by atoms with Gasteiger partial charge >= 0.3 is 0 Å². The first kappa shape index (κ1) is 25.2. The van der Waals surface area contributed by atoms with Gasteiger partial charge in [-0.3, -0.25) is 14.5 Å². The fourth-order valence-corrected chi connectivity index (χ4v) is 4.48. The number of benzene rings is 1. The van der Waals surface area contributed by atoms with Crippen LogP contribution in [0.15, 0.2) is 28.8 Å². The van der Waals surface area contributed by atoms with Crippen molar-refractivity contribution >= 4 is 17.5 Å². The predicted molar refractivity (Wildman–Crippen MR) is 132 cm³/mol. The van der Waals surface area contributed by atoms with Crippen molar-refractivity contribution in [1.29, 1.82) is 0 Å². The number of amides is 2. The molecule has 0 saturated heterocycles. The molecular formula is C26H36N4O5. The first-order valence-electron chi connectivity index (χ1n) is 12.3. The highest BCUT2D eigenvalue weighted by Gasteiger charge is 2.31. The molecule has 35 heavy (non-hydrogen) atoms. The van der Waals surface area contributed by atoms with Crippen LogP contribution < -0.4 is 10.1 Å². The highest BCUT2D eigenvalue weighted by Crippen LogP contribution is 2.32. The number of aromatic nitrogens is 1. The van der Waals surface area contributed by atoms with Gasteiger partial charge in [0.2, 0.25) is 0 Å². The van der Waals surface area contributed by atoms with Crippen LogP contribution in [0.4, 0.5) is 5.69 Å². The number of aryl methyl sites for hydroxylation is 1. The summed E-state index contributed by atoms with van der Waals surface area (Å²) in [5, 5.41) is 6.58. The summed E-state index contributed by atoms with van der Waals surface area (Å²) in [4.78, 5) is 30.1. The largest absolute Gasteiger partial charge is 0.491 e. The van der Waals surface area contributed by atoms with E-state index < -0.39 is 0 Å². The fraction of sp³-hybridized carbons (Fsp3) is 0.577. The first-order valence-corrected chi connectivity index (χ1v) is 12.3. The maximum absolute atomic E-state index is 13.3. The van der Waals surface area contributed by atoms with E-state index in [1.165, 1.54) is 12.8 Å². The smallest absolute Gasteiger partial charge is 0.277 e. The van der Waals surface area contributed by atoms with E-state index in [9.17, 15) is 9.59 Å². The molecule has 0 bridgehead atoms. The number of carbonyl (C=O) groups is 2. The Labute approximate surface area is 206 Å². The summed E-state index contributed by atoms with van der Waals surface area (Å²) >= 11 is 0. The minimum Gasteiger partial charge on any atom is -0.491 e. The summed E-state index contributed by atoms with van der Waals surface area (Å²) in [5.41, 5.74) is 1.16. The number of hydrogen-bond acceptors (Lipinski definition) is 7. The molecule has 1 fully saturated rings. The van der Waals surface area contributed by atoms with E-state index in [0.29, 0.717) is 35.9 Å². The maximum atomic E-state index is 13.3. The van der Waals surface area contributed by atoms with Gasteiger partial charge in [0.15, 0.2) is 5.69 Å². The summed E-state index contributed by atoms with van der Waals surface area (Å²) in [7, 11) is 3.49. The second kappa shape index (κ2) is 10.8. The Bertz CT molecular complexity index is 1050. The number of ether oxygens (including phenoxy) is 2. The van der Waals surface area contributed by atoms with Gasteiger partial charge in [-0.25, -0.2) is 0 Å². The highest BCUT2D eigenvalue weighted by molar-refractivity contribution is 6.03. The maximum Gasteiger partial charge on any atom is 0.277 e. The van der Waals surface area contributed by atoms with Gasteiger partial charge in [-0.1, -0.05) is 12.1 Å². The Balaban J connectivity index is 1.60. The van der Waals surface area contributed by atoms with Gasteiger partial charge in [0.05, 0.1) is 11.7 Å². The van der Waals surface area contributed by atoms with Gasteiger partial charge < -0.3 is 24.2 Å². The molecule has 0 unspecified atom stereocenters. The van der Waals surface area contributed by atoms with Crippen LogP contribution >= 0.6 is 0 Å². The van der Waals surface area contributed by atoms with Crippen LogP contribution in [-0.4, -0.2) is 79.3 Å². The van der Waals surface area contributed by atoms with Crippen LogP contribution in [0.25, 0.3) is 0 Å². The van der Waals surface area contributed by atoms with Crippen molar-refractivity contribution < 1.29 is 23.6 Å². The molecule has 3 atom stereocenters. The van der Waals surface area contributed by atoms with Gasteiger partial charge in [-0.15, -0.1) is 0 Å². The first-order chi connectivity index (χ1) is 16.7. The molecule has 2 aliphatic rings. The zero-order valence-electron chi connectivity index (χ0n) is 21.2. The molecule has 190 valence electrons. The summed E-state index contributed by atoms with van der Waals surface area (Å²) in [5.74, 6) is 1.46. The summed E-state index contributed by atoms with van der Waals surface area (Å²) in [6.45, 7) is 8.90. The van der Waals surface area contributed by atoms with Gasteiger partial charge in [0, 0.05) is 57.7 Å². The molecule has 0 spiro atoms. The fourth-order valence-electron chi connectivity index (χ4n) is 4.48. The zero-order chi connectivity index (χ0) is 25.1. The minimum absolute atomic E-state index is 0.0777. The van der Waals surface area contributed by atoms with E-state index >= 15 is 0 Å². The van der Waals surface area contributed by atoms with Crippen molar-refractivity contribution in [3.05, 3.63) is 41.3 Å². The van der Waals surface area contributed by atoms with Crippen LogP contribution in [0.2, 0.25) is 0 Å².